The van der Waals surface area contributed by atoms with Gasteiger partial charge in [-0.05, 0) is 12.1 Å². The van der Waals surface area contributed by atoms with Gasteiger partial charge in [-0.15, -0.1) is 0 Å². The number of nitrogens with two attached hydrogens (primary N) is 1. The Balaban J connectivity index is 1.18. The first-order valence-corrected chi connectivity index (χ1v) is 9.66. The molecule has 6 heteroatoms. The van der Waals surface area contributed by atoms with E-state index in [2.05, 4.69) is 41.0 Å². The number of carbonyl (C=O) groups excluding carboxylic acids is 1. The second-order valence-corrected chi connectivity index (χ2v) is 7.31. The molecule has 2 aromatic carbocycles. The van der Waals surface area contributed by atoms with Crippen molar-refractivity contribution in [2.75, 3.05) is 31.7 Å². The number of ether oxygens (including phenoxy) is 2. The van der Waals surface area contributed by atoms with E-state index in [0.29, 0.717) is 18.3 Å². The predicted molar refractivity (Wildman–Crippen MR) is 102 cm³/mol. The van der Waals surface area contributed by atoms with E-state index in [1.54, 1.807) is 4.90 Å². The number of benzene rings is 2. The maximum absolute atomic E-state index is 12.2. The third-order valence-electron chi connectivity index (χ3n) is 5.33. The summed E-state index contributed by atoms with van der Waals surface area (Å²) in [5, 5.41) is 5.12. The van der Waals surface area contributed by atoms with E-state index in [1.165, 1.54) is 18.7 Å². The summed E-state index contributed by atoms with van der Waals surface area (Å²) in [7, 11) is 0. The van der Waals surface area contributed by atoms with Crippen LogP contribution in [0.1, 0.15) is 18.4 Å². The van der Waals surface area contributed by atoms with Crippen LogP contribution in [0.15, 0.2) is 48.5 Å². The molecule has 2 heterocycles. The first kappa shape index (κ1) is 17.8. The lowest BCUT2D eigenvalue weighted by Gasteiger charge is -2.28. The third kappa shape index (κ3) is 4.78. The molecule has 2 aliphatic heterocycles. The summed E-state index contributed by atoms with van der Waals surface area (Å²) >= 11 is 0. The molecule has 2 aromatic rings. The molecule has 4 rings (SSSR count). The van der Waals surface area contributed by atoms with Gasteiger partial charge < -0.3 is 25.0 Å². The zero-order valence-corrected chi connectivity index (χ0v) is 15.4. The van der Waals surface area contributed by atoms with Crippen molar-refractivity contribution in [1.29, 1.82) is 0 Å². The number of rotatable bonds is 6. The van der Waals surface area contributed by atoms with Crippen LogP contribution in [0.3, 0.4) is 0 Å². The summed E-state index contributed by atoms with van der Waals surface area (Å²) in [6.07, 6.45) is 2.30. The minimum absolute atomic E-state index is 0.0212. The molecule has 1 fully saturated rings. The lowest BCUT2D eigenvalue weighted by Crippen LogP contribution is -3.13. The highest BCUT2D eigenvalue weighted by Gasteiger charge is 2.25. The van der Waals surface area contributed by atoms with Gasteiger partial charge >= 0.3 is 0 Å². The van der Waals surface area contributed by atoms with Crippen molar-refractivity contribution in [2.45, 2.75) is 25.4 Å². The van der Waals surface area contributed by atoms with Crippen molar-refractivity contribution in [3.63, 3.8) is 0 Å². The summed E-state index contributed by atoms with van der Waals surface area (Å²) in [6, 6.07) is 16.7. The van der Waals surface area contributed by atoms with Gasteiger partial charge in [0.1, 0.15) is 6.54 Å². The molecule has 2 aliphatic rings. The maximum atomic E-state index is 12.2. The average molecular weight is 369 g/mol. The molecule has 1 amide bonds. The summed E-state index contributed by atoms with van der Waals surface area (Å²) < 4.78 is 10.6. The monoisotopic (exact) mass is 369 g/mol. The minimum atomic E-state index is 0.0212. The number of carbonyl (C=O) groups is 1. The summed E-state index contributed by atoms with van der Waals surface area (Å²) in [6.45, 7) is 4.12. The van der Waals surface area contributed by atoms with E-state index in [9.17, 15) is 4.79 Å². The van der Waals surface area contributed by atoms with Gasteiger partial charge in [0.25, 0.3) is 5.91 Å². The molecule has 4 N–H and O–H groups in total. The van der Waals surface area contributed by atoms with Crippen LogP contribution >= 0.6 is 0 Å². The topological polar surface area (TPSA) is 68.6 Å². The molecule has 0 aliphatic carbocycles. The van der Waals surface area contributed by atoms with Crippen molar-refractivity contribution in [3.8, 4) is 11.5 Å². The first-order chi connectivity index (χ1) is 13.3. The number of piperidine rings is 1. The molecule has 0 atom stereocenters. The third-order valence-corrected chi connectivity index (χ3v) is 5.33. The van der Waals surface area contributed by atoms with Gasteiger partial charge in [-0.25, -0.2) is 0 Å². The number of anilines is 1. The smallest absolute Gasteiger partial charge is 0.279 e. The molecule has 142 valence electrons. The predicted octanol–water partition coefficient (Wildman–Crippen LogP) is 0.165. The van der Waals surface area contributed by atoms with Crippen LogP contribution in [0, 0.1) is 0 Å². The highest BCUT2D eigenvalue weighted by Crippen LogP contribution is 2.34. The lowest BCUT2D eigenvalue weighted by atomic mass is 10.0. The normalized spacial score (nSPS) is 21.0. The van der Waals surface area contributed by atoms with Crippen LogP contribution in [0.2, 0.25) is 0 Å². The Bertz CT molecular complexity index is 773. The molecule has 0 radical (unpaired) electrons. The fourth-order valence-electron chi connectivity index (χ4n) is 3.81. The van der Waals surface area contributed by atoms with Gasteiger partial charge in [0.2, 0.25) is 6.79 Å². The van der Waals surface area contributed by atoms with Gasteiger partial charge in [0, 0.05) is 30.2 Å². The summed E-state index contributed by atoms with van der Waals surface area (Å²) in [5.41, 5.74) is 2.15. The van der Waals surface area contributed by atoms with E-state index >= 15 is 0 Å². The average Bonchev–Trinajstić information content (AvgIpc) is 3.16. The Labute approximate surface area is 159 Å². The van der Waals surface area contributed by atoms with E-state index < -0.39 is 0 Å². The largest absolute Gasteiger partial charge is 0.454 e. The van der Waals surface area contributed by atoms with Crippen molar-refractivity contribution in [2.24, 2.45) is 0 Å². The van der Waals surface area contributed by atoms with Crippen LogP contribution in [0.25, 0.3) is 0 Å². The number of hydrogen-bond donors (Lipinski definition) is 3. The van der Waals surface area contributed by atoms with E-state index in [-0.39, 0.29) is 12.7 Å². The van der Waals surface area contributed by atoms with E-state index in [1.807, 2.05) is 18.2 Å². The van der Waals surface area contributed by atoms with Gasteiger partial charge in [0.05, 0.1) is 19.1 Å². The lowest BCUT2D eigenvalue weighted by molar-refractivity contribution is -0.925. The number of nitrogens with one attached hydrogen (secondary N) is 2. The van der Waals surface area contributed by atoms with Crippen LogP contribution in [0.5, 0.6) is 11.5 Å². The van der Waals surface area contributed by atoms with Gasteiger partial charge in [-0.3, -0.25) is 4.79 Å². The number of quaternary nitrogens is 2. The van der Waals surface area contributed by atoms with Crippen LogP contribution in [-0.2, 0) is 11.3 Å². The molecule has 0 unspecified atom stereocenters. The molecule has 0 spiro atoms. The second-order valence-electron chi connectivity index (χ2n) is 7.31. The molecular formula is C21H27N3O3+2. The van der Waals surface area contributed by atoms with E-state index in [4.69, 9.17) is 9.47 Å². The Hall–Kier alpha value is -2.57. The highest BCUT2D eigenvalue weighted by atomic mass is 16.7. The highest BCUT2D eigenvalue weighted by molar-refractivity contribution is 5.91. The number of amides is 1. The quantitative estimate of drug-likeness (QED) is 0.680. The zero-order valence-electron chi connectivity index (χ0n) is 15.4. The molecule has 0 bridgehead atoms. The number of likely N-dealkylation sites (tertiary alicyclic amines) is 1. The molecule has 0 saturated carbocycles. The molecule has 0 aromatic heterocycles. The number of hydrogen-bond acceptors (Lipinski definition) is 3. The van der Waals surface area contributed by atoms with Crippen LogP contribution in [-0.4, -0.2) is 38.4 Å². The molecule has 1 saturated heterocycles. The summed E-state index contributed by atoms with van der Waals surface area (Å²) in [5.74, 6) is 1.43. The first-order valence-electron chi connectivity index (χ1n) is 9.66. The maximum Gasteiger partial charge on any atom is 0.279 e. The zero-order chi connectivity index (χ0) is 18.5. The Morgan fingerprint density at radius 3 is 2.67 bits per heavy atom. The molecular weight excluding hydrogens is 342 g/mol. The van der Waals surface area contributed by atoms with Crippen molar-refractivity contribution >= 4 is 11.6 Å². The van der Waals surface area contributed by atoms with E-state index in [0.717, 1.165) is 30.8 Å². The fraction of sp³-hybridized carbons (Fsp3) is 0.381. The van der Waals surface area contributed by atoms with Crippen molar-refractivity contribution in [1.82, 2.24) is 0 Å². The standard InChI is InChI=1S/C21H25N3O3/c25-21(23-18-6-7-19-20(12-18)27-15-26-19)13-22-17-8-10-24(11-9-17)14-16-4-2-1-3-5-16/h1-7,12,17,22H,8-11,13-15H2,(H,23,25)/p+2. The Kier molecular flexibility index (Phi) is 5.55. The van der Waals surface area contributed by atoms with Crippen LogP contribution < -0.4 is 25.0 Å². The Morgan fingerprint density at radius 1 is 1.07 bits per heavy atom. The van der Waals surface area contributed by atoms with Gasteiger partial charge in [-0.2, -0.15) is 0 Å². The molecule has 6 nitrogen and oxygen atoms in total. The van der Waals surface area contributed by atoms with Gasteiger partial charge in [-0.1, -0.05) is 30.3 Å². The van der Waals surface area contributed by atoms with Gasteiger partial charge in [0.15, 0.2) is 18.0 Å². The Morgan fingerprint density at radius 2 is 1.85 bits per heavy atom. The summed E-state index contributed by atoms with van der Waals surface area (Å²) in [4.78, 5) is 13.9. The van der Waals surface area contributed by atoms with Crippen molar-refractivity contribution < 1.29 is 24.5 Å². The second kappa shape index (κ2) is 8.41. The minimum Gasteiger partial charge on any atom is -0.454 e. The number of fused-ring (bicyclic) bond motifs is 1. The van der Waals surface area contributed by atoms with Crippen molar-refractivity contribution in [3.05, 3.63) is 54.1 Å². The van der Waals surface area contributed by atoms with Crippen LogP contribution in [0.4, 0.5) is 5.69 Å². The fourth-order valence-corrected chi connectivity index (χ4v) is 3.81. The SMILES string of the molecule is O=C(C[NH2+]C1CC[NH+](Cc2ccccc2)CC1)Nc1ccc2c(c1)OCO2. The molecule has 27 heavy (non-hydrogen) atoms.